The minimum absolute atomic E-state index is 0.0488. The number of nitrogens with zero attached hydrogens (tertiary/aromatic N) is 4. The van der Waals surface area contributed by atoms with Gasteiger partial charge in [0.15, 0.2) is 0 Å². The minimum Gasteiger partial charge on any atom is -0.351 e. The second-order valence-corrected chi connectivity index (χ2v) is 4.67. The second-order valence-electron chi connectivity index (χ2n) is 4.67. The van der Waals surface area contributed by atoms with Crippen LogP contribution in [0.15, 0.2) is 36.9 Å². The van der Waals surface area contributed by atoms with Gasteiger partial charge in [-0.2, -0.15) is 5.10 Å². The first-order valence-electron chi connectivity index (χ1n) is 7.20. The number of benzene rings is 1. The fraction of sp³-hybridized carbons (Fsp3) is 0.400. The van der Waals surface area contributed by atoms with Gasteiger partial charge in [0.2, 0.25) is 0 Å². The summed E-state index contributed by atoms with van der Waals surface area (Å²) in [6, 6.07) is 7.30. The van der Waals surface area contributed by atoms with Crippen molar-refractivity contribution >= 4 is 5.91 Å². The lowest BCUT2D eigenvalue weighted by Gasteiger charge is -2.17. The maximum Gasteiger partial charge on any atom is 0.251 e. The smallest absolute Gasteiger partial charge is 0.251 e. The van der Waals surface area contributed by atoms with Crippen molar-refractivity contribution in [1.82, 2.24) is 25.0 Å². The number of hydrogen-bond acceptors (Lipinski definition) is 4. The van der Waals surface area contributed by atoms with Crippen LogP contribution in [0.1, 0.15) is 24.2 Å². The van der Waals surface area contributed by atoms with Crippen LogP contribution in [0.4, 0.5) is 0 Å². The Kier molecular flexibility index (Phi) is 5.45. The molecule has 112 valence electrons. The number of carbonyl (C=O) groups is 1. The highest BCUT2D eigenvalue weighted by atomic mass is 16.1. The van der Waals surface area contributed by atoms with Crippen molar-refractivity contribution in [3.05, 3.63) is 42.5 Å². The molecule has 0 saturated carbocycles. The first-order chi connectivity index (χ1) is 10.2. The van der Waals surface area contributed by atoms with E-state index in [1.54, 1.807) is 23.1 Å². The SMILES string of the molecule is CCN(CC)CCNC(=O)c1ccc(-n2cncn2)cc1. The van der Waals surface area contributed by atoms with Crippen LogP contribution in [0.5, 0.6) is 0 Å². The molecule has 1 amide bonds. The van der Waals surface area contributed by atoms with Gasteiger partial charge in [-0.1, -0.05) is 13.8 Å². The molecular weight excluding hydrogens is 266 g/mol. The van der Waals surface area contributed by atoms with E-state index >= 15 is 0 Å². The normalized spacial score (nSPS) is 10.8. The summed E-state index contributed by atoms with van der Waals surface area (Å²) in [6.45, 7) is 7.77. The first-order valence-corrected chi connectivity index (χ1v) is 7.20. The van der Waals surface area contributed by atoms with E-state index in [-0.39, 0.29) is 5.91 Å². The van der Waals surface area contributed by atoms with Crippen LogP contribution in [0.25, 0.3) is 5.69 Å². The Hall–Kier alpha value is -2.21. The van der Waals surface area contributed by atoms with E-state index in [9.17, 15) is 4.79 Å². The number of hydrogen-bond donors (Lipinski definition) is 1. The fourth-order valence-corrected chi connectivity index (χ4v) is 2.08. The van der Waals surface area contributed by atoms with Gasteiger partial charge in [-0.25, -0.2) is 9.67 Å². The molecule has 1 N–H and O–H groups in total. The minimum atomic E-state index is -0.0488. The molecule has 0 saturated heterocycles. The molecule has 0 bridgehead atoms. The van der Waals surface area contributed by atoms with Gasteiger partial charge < -0.3 is 10.2 Å². The molecule has 0 aliphatic heterocycles. The Morgan fingerprint density at radius 2 is 1.95 bits per heavy atom. The Morgan fingerprint density at radius 3 is 2.52 bits per heavy atom. The zero-order valence-electron chi connectivity index (χ0n) is 12.5. The summed E-state index contributed by atoms with van der Waals surface area (Å²) in [5.74, 6) is -0.0488. The molecule has 2 rings (SSSR count). The van der Waals surface area contributed by atoms with E-state index in [4.69, 9.17) is 0 Å². The molecule has 0 spiro atoms. The number of nitrogens with one attached hydrogen (secondary N) is 1. The van der Waals surface area contributed by atoms with Gasteiger partial charge in [-0.05, 0) is 37.4 Å². The Bertz CT molecular complexity index is 546. The van der Waals surface area contributed by atoms with Gasteiger partial charge in [0.1, 0.15) is 12.7 Å². The third kappa shape index (κ3) is 4.13. The second kappa shape index (κ2) is 7.54. The summed E-state index contributed by atoms with van der Waals surface area (Å²) in [5.41, 5.74) is 1.53. The van der Waals surface area contributed by atoms with Gasteiger partial charge in [0, 0.05) is 18.7 Å². The fourth-order valence-electron chi connectivity index (χ4n) is 2.08. The van der Waals surface area contributed by atoms with E-state index in [0.29, 0.717) is 12.1 Å². The lowest BCUT2D eigenvalue weighted by atomic mass is 10.2. The molecule has 6 nitrogen and oxygen atoms in total. The van der Waals surface area contributed by atoms with E-state index in [1.807, 2.05) is 12.1 Å². The van der Waals surface area contributed by atoms with Crippen molar-refractivity contribution in [2.75, 3.05) is 26.2 Å². The van der Waals surface area contributed by atoms with Crippen molar-refractivity contribution in [3.8, 4) is 5.69 Å². The molecule has 0 atom stereocenters. The number of aromatic nitrogens is 3. The van der Waals surface area contributed by atoms with Crippen molar-refractivity contribution in [2.45, 2.75) is 13.8 Å². The van der Waals surface area contributed by atoms with Gasteiger partial charge >= 0.3 is 0 Å². The summed E-state index contributed by atoms with van der Waals surface area (Å²) >= 11 is 0. The number of rotatable bonds is 7. The highest BCUT2D eigenvalue weighted by Crippen LogP contribution is 2.07. The number of likely N-dealkylation sites (N-methyl/N-ethyl adjacent to an activating group) is 1. The van der Waals surface area contributed by atoms with Crippen molar-refractivity contribution in [1.29, 1.82) is 0 Å². The quantitative estimate of drug-likeness (QED) is 0.834. The molecule has 0 radical (unpaired) electrons. The summed E-state index contributed by atoms with van der Waals surface area (Å²) < 4.78 is 1.65. The summed E-state index contributed by atoms with van der Waals surface area (Å²) in [7, 11) is 0. The predicted octanol–water partition coefficient (Wildman–Crippen LogP) is 1.34. The third-order valence-corrected chi connectivity index (χ3v) is 3.42. The molecule has 0 aliphatic carbocycles. The molecule has 1 aromatic carbocycles. The van der Waals surface area contributed by atoms with Crippen LogP contribution in [0, 0.1) is 0 Å². The average molecular weight is 287 g/mol. The number of amides is 1. The molecule has 1 aromatic heterocycles. The number of carbonyl (C=O) groups excluding carboxylic acids is 1. The maximum atomic E-state index is 12.0. The molecule has 2 aromatic rings. The van der Waals surface area contributed by atoms with Crippen LogP contribution < -0.4 is 5.32 Å². The van der Waals surface area contributed by atoms with Gasteiger partial charge in [-0.3, -0.25) is 4.79 Å². The van der Waals surface area contributed by atoms with Gasteiger partial charge in [0.05, 0.1) is 5.69 Å². The van der Waals surface area contributed by atoms with Crippen LogP contribution in [-0.4, -0.2) is 51.8 Å². The lowest BCUT2D eigenvalue weighted by Crippen LogP contribution is -2.34. The summed E-state index contributed by atoms with van der Waals surface area (Å²) in [4.78, 5) is 18.2. The Labute approximate surface area is 124 Å². The molecule has 6 heteroatoms. The highest BCUT2D eigenvalue weighted by molar-refractivity contribution is 5.94. The van der Waals surface area contributed by atoms with Crippen molar-refractivity contribution < 1.29 is 4.79 Å². The zero-order chi connectivity index (χ0) is 15.1. The van der Waals surface area contributed by atoms with E-state index < -0.39 is 0 Å². The summed E-state index contributed by atoms with van der Waals surface area (Å²) in [6.07, 6.45) is 3.10. The molecule has 21 heavy (non-hydrogen) atoms. The van der Waals surface area contributed by atoms with Gasteiger partial charge in [0.25, 0.3) is 5.91 Å². The molecule has 0 fully saturated rings. The van der Waals surface area contributed by atoms with Gasteiger partial charge in [-0.15, -0.1) is 0 Å². The topological polar surface area (TPSA) is 63.1 Å². The van der Waals surface area contributed by atoms with Crippen LogP contribution >= 0.6 is 0 Å². The average Bonchev–Trinajstić information content (AvgIpc) is 3.06. The monoisotopic (exact) mass is 287 g/mol. The van der Waals surface area contributed by atoms with E-state index in [1.165, 1.54) is 6.33 Å². The van der Waals surface area contributed by atoms with Crippen molar-refractivity contribution in [3.63, 3.8) is 0 Å². The molecular formula is C15H21N5O. The molecule has 0 unspecified atom stereocenters. The lowest BCUT2D eigenvalue weighted by molar-refractivity contribution is 0.0949. The Morgan fingerprint density at radius 1 is 1.24 bits per heavy atom. The van der Waals surface area contributed by atoms with Crippen molar-refractivity contribution in [2.24, 2.45) is 0 Å². The van der Waals surface area contributed by atoms with E-state index in [0.717, 1.165) is 25.3 Å². The first kappa shape index (κ1) is 15.2. The standard InChI is InChI=1S/C15H21N5O/c1-3-19(4-2)10-9-17-15(21)13-5-7-14(8-6-13)20-12-16-11-18-20/h5-8,11-12H,3-4,9-10H2,1-2H3,(H,17,21). The van der Waals surface area contributed by atoms with Crippen LogP contribution in [0.2, 0.25) is 0 Å². The zero-order valence-corrected chi connectivity index (χ0v) is 12.5. The predicted molar refractivity (Wildman–Crippen MR) is 81.5 cm³/mol. The highest BCUT2D eigenvalue weighted by Gasteiger charge is 2.06. The maximum absolute atomic E-state index is 12.0. The molecule has 1 heterocycles. The van der Waals surface area contributed by atoms with Crippen LogP contribution in [0.3, 0.4) is 0 Å². The van der Waals surface area contributed by atoms with E-state index in [2.05, 4.69) is 34.1 Å². The third-order valence-electron chi connectivity index (χ3n) is 3.42. The summed E-state index contributed by atoms with van der Waals surface area (Å²) in [5, 5.41) is 6.99. The molecule has 0 aliphatic rings. The largest absolute Gasteiger partial charge is 0.351 e. The van der Waals surface area contributed by atoms with Crippen LogP contribution in [-0.2, 0) is 0 Å². The Balaban J connectivity index is 1.88.